The van der Waals surface area contributed by atoms with Gasteiger partial charge in [0.25, 0.3) is 0 Å². The third-order valence-electron chi connectivity index (χ3n) is 2.93. The lowest BCUT2D eigenvalue weighted by Gasteiger charge is -2.09. The van der Waals surface area contributed by atoms with Crippen LogP contribution in [0.2, 0.25) is 0 Å². The van der Waals surface area contributed by atoms with Gasteiger partial charge in [0.2, 0.25) is 0 Å². The third-order valence-corrected chi connectivity index (χ3v) is 2.93. The predicted molar refractivity (Wildman–Crippen MR) is 79.6 cm³/mol. The van der Waals surface area contributed by atoms with Crippen molar-refractivity contribution in [3.05, 3.63) is 35.4 Å². The van der Waals surface area contributed by atoms with Crippen molar-refractivity contribution < 1.29 is 29.3 Å². The molecule has 2 N–H and O–H groups in total. The maximum Gasteiger partial charge on any atom is 0.338 e. The molecule has 0 atom stereocenters. The summed E-state index contributed by atoms with van der Waals surface area (Å²) in [7, 11) is 0. The van der Waals surface area contributed by atoms with Gasteiger partial charge in [-0.3, -0.25) is 0 Å². The lowest BCUT2D eigenvalue weighted by molar-refractivity contribution is 0.0427. The molecule has 2 heterocycles. The summed E-state index contributed by atoms with van der Waals surface area (Å²) in [4.78, 5) is 23.0. The minimum Gasteiger partial charge on any atom is -0.462 e. The van der Waals surface area contributed by atoms with Gasteiger partial charge in [0.15, 0.2) is 0 Å². The third kappa shape index (κ3) is 6.69. The first-order valence-electron chi connectivity index (χ1n) is 7.35. The Morgan fingerprint density at radius 2 is 1.14 bits per heavy atom. The second-order valence-electron chi connectivity index (χ2n) is 4.71. The largest absolute Gasteiger partial charge is 0.462 e. The van der Waals surface area contributed by atoms with Gasteiger partial charge in [-0.15, -0.1) is 0 Å². The molecule has 0 radical (unpaired) electrons. The summed E-state index contributed by atoms with van der Waals surface area (Å²) in [5, 5.41) is 16.2. The number of carbonyl (C=O) groups is 2. The maximum atomic E-state index is 11.5. The highest BCUT2D eigenvalue weighted by atomic mass is 16.5. The topological polar surface area (TPSA) is 93.1 Å². The van der Waals surface area contributed by atoms with E-state index < -0.39 is 0 Å². The van der Waals surface area contributed by atoms with Crippen LogP contribution in [0, 0.1) is 0 Å². The molecule has 2 aliphatic heterocycles. The van der Waals surface area contributed by atoms with Crippen molar-refractivity contribution in [2.45, 2.75) is 25.7 Å². The van der Waals surface area contributed by atoms with Gasteiger partial charge in [-0.05, 0) is 49.9 Å². The van der Waals surface area contributed by atoms with Crippen molar-refractivity contribution in [2.24, 2.45) is 0 Å². The zero-order valence-electron chi connectivity index (χ0n) is 12.5. The molecule has 0 amide bonds. The van der Waals surface area contributed by atoms with E-state index in [1.807, 2.05) is 0 Å². The molecule has 2 aliphatic rings. The number of hydrogen-bond donors (Lipinski definition) is 2. The van der Waals surface area contributed by atoms with E-state index in [9.17, 15) is 9.59 Å². The van der Waals surface area contributed by atoms with Crippen molar-refractivity contribution >= 4 is 11.9 Å². The quantitative estimate of drug-likeness (QED) is 0.650. The first-order chi connectivity index (χ1) is 10.7. The van der Waals surface area contributed by atoms with Crippen LogP contribution in [-0.4, -0.2) is 48.6 Å². The van der Waals surface area contributed by atoms with Crippen molar-refractivity contribution in [1.29, 1.82) is 0 Å². The average molecular weight is 310 g/mol. The first-order valence-corrected chi connectivity index (χ1v) is 7.35. The number of aliphatic hydroxyl groups is 2. The Morgan fingerprint density at radius 1 is 0.773 bits per heavy atom. The molecule has 6 heteroatoms. The molecule has 0 saturated heterocycles. The van der Waals surface area contributed by atoms with Gasteiger partial charge in [-0.25, -0.2) is 9.59 Å². The summed E-state index contributed by atoms with van der Waals surface area (Å²) in [6.07, 6.45) is 2.84. The molecule has 122 valence electrons. The van der Waals surface area contributed by atoms with Crippen molar-refractivity contribution in [2.75, 3.05) is 26.4 Å². The van der Waals surface area contributed by atoms with Crippen LogP contribution in [0.4, 0.5) is 0 Å². The monoisotopic (exact) mass is 310 g/mol. The molecule has 0 spiro atoms. The van der Waals surface area contributed by atoms with Gasteiger partial charge in [0.05, 0.1) is 24.3 Å². The minimum absolute atomic E-state index is 0.195. The van der Waals surface area contributed by atoms with Crippen LogP contribution in [0.25, 0.3) is 0 Å². The number of benzene rings is 1. The van der Waals surface area contributed by atoms with Crippen LogP contribution in [0.1, 0.15) is 46.4 Å². The highest BCUT2D eigenvalue weighted by molar-refractivity contribution is 5.93. The number of unbranched alkanes of at least 4 members (excludes halogenated alkanes) is 1. The van der Waals surface area contributed by atoms with Gasteiger partial charge >= 0.3 is 11.9 Å². The minimum atomic E-state index is -0.347. The van der Waals surface area contributed by atoms with Gasteiger partial charge in [0, 0.05) is 13.2 Å². The van der Waals surface area contributed by atoms with E-state index in [-0.39, 0.29) is 25.2 Å². The fourth-order valence-electron chi connectivity index (χ4n) is 1.67. The maximum absolute atomic E-state index is 11.5. The molecule has 0 aliphatic carbocycles. The van der Waals surface area contributed by atoms with Gasteiger partial charge in [-0.1, -0.05) is 0 Å². The van der Waals surface area contributed by atoms with E-state index in [0.717, 1.165) is 12.8 Å². The Labute approximate surface area is 129 Å². The lowest BCUT2D eigenvalue weighted by Crippen LogP contribution is -2.12. The normalized spacial score (nSPS) is 14.8. The molecule has 0 fully saturated rings. The highest BCUT2D eigenvalue weighted by Gasteiger charge is 2.12. The Kier molecular flexibility index (Phi) is 8.86. The molecule has 3 rings (SSSR count). The SMILES string of the molecule is O=C1OCCCCOC(=O)c2ccc1cc2.OCCCCO. The second-order valence-corrected chi connectivity index (χ2v) is 4.71. The molecule has 0 aromatic heterocycles. The van der Waals surface area contributed by atoms with Crippen LogP contribution < -0.4 is 0 Å². The van der Waals surface area contributed by atoms with Crippen molar-refractivity contribution in [3.63, 3.8) is 0 Å². The number of carbonyl (C=O) groups excluding carboxylic acids is 2. The number of fused-ring (bicyclic) bond motifs is 9. The summed E-state index contributed by atoms with van der Waals surface area (Å²) in [6.45, 7) is 1.11. The van der Waals surface area contributed by atoms with E-state index in [1.54, 1.807) is 24.3 Å². The van der Waals surface area contributed by atoms with Crippen molar-refractivity contribution in [3.8, 4) is 0 Å². The van der Waals surface area contributed by atoms with Crippen molar-refractivity contribution in [1.82, 2.24) is 0 Å². The number of ether oxygens (including phenoxy) is 2. The lowest BCUT2D eigenvalue weighted by atomic mass is 10.1. The fraction of sp³-hybridized carbons (Fsp3) is 0.500. The summed E-state index contributed by atoms with van der Waals surface area (Å²) in [5.74, 6) is -0.694. The Hall–Kier alpha value is -1.92. The summed E-state index contributed by atoms with van der Waals surface area (Å²) >= 11 is 0. The summed E-state index contributed by atoms with van der Waals surface area (Å²) < 4.78 is 10.1. The van der Waals surface area contributed by atoms with Crippen LogP contribution in [-0.2, 0) is 9.47 Å². The smallest absolute Gasteiger partial charge is 0.338 e. The van der Waals surface area contributed by atoms with Gasteiger partial charge in [0.1, 0.15) is 0 Å². The zero-order chi connectivity index (χ0) is 16.2. The van der Waals surface area contributed by atoms with Crippen LogP contribution in [0.15, 0.2) is 24.3 Å². The van der Waals surface area contributed by atoms with Crippen LogP contribution >= 0.6 is 0 Å². The van der Waals surface area contributed by atoms with Crippen LogP contribution in [0.3, 0.4) is 0 Å². The van der Waals surface area contributed by atoms with E-state index in [4.69, 9.17) is 19.7 Å². The van der Waals surface area contributed by atoms with Crippen LogP contribution in [0.5, 0.6) is 0 Å². The molecule has 1 aromatic rings. The zero-order valence-corrected chi connectivity index (χ0v) is 12.5. The Morgan fingerprint density at radius 3 is 1.45 bits per heavy atom. The van der Waals surface area contributed by atoms with E-state index in [0.29, 0.717) is 37.2 Å². The molecule has 1 aromatic carbocycles. The Balaban J connectivity index is 0.000000346. The number of hydrogen-bond acceptors (Lipinski definition) is 6. The fourth-order valence-corrected chi connectivity index (χ4v) is 1.67. The number of aliphatic hydroxyl groups excluding tert-OH is 2. The van der Waals surface area contributed by atoms with E-state index in [1.165, 1.54) is 0 Å². The second kappa shape index (κ2) is 10.8. The standard InChI is InChI=1S/C12H12O4.C4H10O2/c13-11-9-3-5-10(6-4-9)12(14)16-8-2-1-7-15-11;5-3-1-2-4-6/h3-6H,1-2,7-8H2;5-6H,1-4H2. The van der Waals surface area contributed by atoms with E-state index in [2.05, 4.69) is 0 Å². The first kappa shape index (κ1) is 18.1. The molecule has 2 bridgehead atoms. The highest BCUT2D eigenvalue weighted by Crippen LogP contribution is 2.09. The summed E-state index contributed by atoms with van der Waals surface area (Å²) in [5.41, 5.74) is 0.911. The summed E-state index contributed by atoms with van der Waals surface area (Å²) in [6, 6.07) is 6.28. The molecule has 0 saturated carbocycles. The molecule has 0 unspecified atom stereocenters. The molecule has 22 heavy (non-hydrogen) atoms. The average Bonchev–Trinajstić information content (AvgIpc) is 2.55. The van der Waals surface area contributed by atoms with Gasteiger partial charge < -0.3 is 19.7 Å². The van der Waals surface area contributed by atoms with Gasteiger partial charge in [-0.2, -0.15) is 0 Å². The predicted octanol–water partition coefficient (Wildman–Crippen LogP) is 1.55. The molecule has 6 nitrogen and oxygen atoms in total. The Bertz CT molecular complexity index is 411. The molecular formula is C16H22O6. The molecular weight excluding hydrogens is 288 g/mol. The number of esters is 2. The number of rotatable bonds is 3. The van der Waals surface area contributed by atoms with E-state index >= 15 is 0 Å².